The lowest BCUT2D eigenvalue weighted by atomic mass is 10.1. The van der Waals surface area contributed by atoms with Crippen molar-refractivity contribution in [1.82, 2.24) is 14.9 Å². The van der Waals surface area contributed by atoms with Crippen LogP contribution in [0.1, 0.15) is 11.1 Å². The zero-order valence-electron chi connectivity index (χ0n) is 13.7. The van der Waals surface area contributed by atoms with E-state index in [2.05, 4.69) is 32.2 Å². The molecular formula is C18H15BrFN5O. The molecule has 0 bridgehead atoms. The SMILES string of the molecule is N#Cc1ccccc1N(Cc1ccc(Br)c(OCCF)c1)n1cnnc1. The molecule has 2 aromatic carbocycles. The topological polar surface area (TPSA) is 67.0 Å². The molecule has 0 unspecified atom stereocenters. The first kappa shape index (κ1) is 17.9. The number of nitrogens with zero attached hydrogens (tertiary/aromatic N) is 5. The van der Waals surface area contributed by atoms with E-state index in [9.17, 15) is 9.65 Å². The number of hydrogen-bond acceptors (Lipinski definition) is 5. The number of ether oxygens (including phenoxy) is 1. The van der Waals surface area contributed by atoms with Gasteiger partial charge in [0.2, 0.25) is 0 Å². The van der Waals surface area contributed by atoms with Crippen LogP contribution in [-0.2, 0) is 6.54 Å². The maximum atomic E-state index is 12.4. The van der Waals surface area contributed by atoms with Crippen molar-refractivity contribution in [3.8, 4) is 11.8 Å². The molecule has 3 rings (SSSR count). The second-order valence-electron chi connectivity index (χ2n) is 5.33. The minimum absolute atomic E-state index is 0.00548. The van der Waals surface area contributed by atoms with Gasteiger partial charge in [-0.3, -0.25) is 5.01 Å². The van der Waals surface area contributed by atoms with Crippen LogP contribution in [0.5, 0.6) is 5.75 Å². The molecule has 1 heterocycles. The minimum atomic E-state index is -0.557. The summed E-state index contributed by atoms with van der Waals surface area (Å²) in [6.45, 7) is -0.122. The predicted octanol–water partition coefficient (Wildman–Crippen LogP) is 3.73. The Balaban J connectivity index is 1.96. The van der Waals surface area contributed by atoms with Gasteiger partial charge in [0, 0.05) is 0 Å². The number of nitriles is 1. The van der Waals surface area contributed by atoms with Gasteiger partial charge in [-0.2, -0.15) is 5.26 Å². The first-order valence-corrected chi connectivity index (χ1v) is 8.61. The Labute approximate surface area is 158 Å². The molecule has 0 aliphatic heterocycles. The number of para-hydroxylation sites is 1. The highest BCUT2D eigenvalue weighted by Crippen LogP contribution is 2.28. The van der Waals surface area contributed by atoms with Gasteiger partial charge >= 0.3 is 0 Å². The molecule has 0 radical (unpaired) electrons. The molecule has 0 saturated heterocycles. The van der Waals surface area contributed by atoms with E-state index in [-0.39, 0.29) is 6.61 Å². The van der Waals surface area contributed by atoms with E-state index in [0.29, 0.717) is 17.9 Å². The maximum absolute atomic E-state index is 12.4. The molecule has 0 fully saturated rings. The standard InChI is InChI=1S/C18H15BrFN5O/c19-16-6-5-14(9-18(16)26-8-7-20)11-25(24-12-22-23-13-24)17-4-2-1-3-15(17)10-21/h1-6,9,12-13H,7-8,11H2. The Morgan fingerprint density at radius 3 is 2.69 bits per heavy atom. The van der Waals surface area contributed by atoms with Gasteiger partial charge in [0.1, 0.15) is 37.8 Å². The molecule has 26 heavy (non-hydrogen) atoms. The molecule has 6 nitrogen and oxygen atoms in total. The third-order valence-electron chi connectivity index (χ3n) is 3.65. The fourth-order valence-electron chi connectivity index (χ4n) is 2.48. The molecule has 8 heteroatoms. The Morgan fingerprint density at radius 2 is 1.96 bits per heavy atom. The van der Waals surface area contributed by atoms with Gasteiger partial charge in [0.05, 0.1) is 22.3 Å². The van der Waals surface area contributed by atoms with E-state index in [1.807, 2.05) is 41.4 Å². The normalized spacial score (nSPS) is 10.3. The predicted molar refractivity (Wildman–Crippen MR) is 98.4 cm³/mol. The van der Waals surface area contributed by atoms with Crippen LogP contribution in [0, 0.1) is 11.3 Å². The molecule has 132 valence electrons. The van der Waals surface area contributed by atoms with E-state index in [0.717, 1.165) is 15.7 Å². The molecule has 1 aromatic heterocycles. The highest BCUT2D eigenvalue weighted by molar-refractivity contribution is 9.10. The second-order valence-corrected chi connectivity index (χ2v) is 6.19. The summed E-state index contributed by atoms with van der Waals surface area (Å²) in [6.07, 6.45) is 3.13. The van der Waals surface area contributed by atoms with E-state index in [4.69, 9.17) is 4.74 Å². The van der Waals surface area contributed by atoms with Crippen LogP contribution in [-0.4, -0.2) is 28.2 Å². The van der Waals surface area contributed by atoms with Gasteiger partial charge in [-0.1, -0.05) is 18.2 Å². The summed E-state index contributed by atoms with van der Waals surface area (Å²) in [7, 11) is 0. The largest absolute Gasteiger partial charge is 0.490 e. The number of aromatic nitrogens is 3. The molecular weight excluding hydrogens is 401 g/mol. The van der Waals surface area contributed by atoms with Crippen LogP contribution in [0.3, 0.4) is 0 Å². The fraction of sp³-hybridized carbons (Fsp3) is 0.167. The molecule has 0 atom stereocenters. The molecule has 0 N–H and O–H groups in total. The zero-order valence-corrected chi connectivity index (χ0v) is 15.3. The Kier molecular flexibility index (Phi) is 5.81. The van der Waals surface area contributed by atoms with Crippen molar-refractivity contribution in [1.29, 1.82) is 5.26 Å². The van der Waals surface area contributed by atoms with Crippen molar-refractivity contribution in [3.05, 3.63) is 70.7 Å². The fourth-order valence-corrected chi connectivity index (χ4v) is 2.84. The summed E-state index contributed by atoms with van der Waals surface area (Å²) in [5, 5.41) is 19.0. The summed E-state index contributed by atoms with van der Waals surface area (Å²) in [6, 6.07) is 15.1. The lowest BCUT2D eigenvalue weighted by Crippen LogP contribution is -2.28. The van der Waals surface area contributed by atoms with Crippen LogP contribution in [0.25, 0.3) is 0 Å². The summed E-state index contributed by atoms with van der Waals surface area (Å²) >= 11 is 3.40. The van der Waals surface area contributed by atoms with Crippen LogP contribution in [0.15, 0.2) is 59.6 Å². The Bertz CT molecular complexity index is 910. The van der Waals surface area contributed by atoms with Gasteiger partial charge in [-0.25, -0.2) is 9.07 Å². The molecule has 0 amide bonds. The quantitative estimate of drug-likeness (QED) is 0.587. The second kappa shape index (κ2) is 8.45. The van der Waals surface area contributed by atoms with E-state index in [1.54, 1.807) is 23.4 Å². The molecule has 0 saturated carbocycles. The van der Waals surface area contributed by atoms with E-state index >= 15 is 0 Å². The summed E-state index contributed by atoms with van der Waals surface area (Å²) in [5.74, 6) is 0.567. The first-order valence-electron chi connectivity index (χ1n) is 7.81. The highest BCUT2D eigenvalue weighted by Gasteiger charge is 2.15. The number of alkyl halides is 1. The number of anilines is 1. The summed E-state index contributed by atoms with van der Waals surface area (Å²) < 4.78 is 20.3. The van der Waals surface area contributed by atoms with Gasteiger partial charge in [-0.05, 0) is 45.8 Å². The number of hydrogen-bond donors (Lipinski definition) is 0. The Hall–Kier alpha value is -2.92. The third-order valence-corrected chi connectivity index (χ3v) is 4.31. The molecule has 3 aromatic rings. The van der Waals surface area contributed by atoms with Crippen molar-refractivity contribution < 1.29 is 9.13 Å². The average molecular weight is 416 g/mol. The van der Waals surface area contributed by atoms with Crippen LogP contribution >= 0.6 is 15.9 Å². The lowest BCUT2D eigenvalue weighted by Gasteiger charge is -2.26. The van der Waals surface area contributed by atoms with Crippen LogP contribution in [0.4, 0.5) is 10.1 Å². The van der Waals surface area contributed by atoms with Gasteiger partial charge < -0.3 is 4.74 Å². The van der Waals surface area contributed by atoms with Crippen LogP contribution < -0.4 is 9.75 Å². The third kappa shape index (κ3) is 4.00. The van der Waals surface area contributed by atoms with Crippen molar-refractivity contribution in [2.24, 2.45) is 0 Å². The van der Waals surface area contributed by atoms with Crippen molar-refractivity contribution >= 4 is 21.6 Å². The van der Waals surface area contributed by atoms with E-state index in [1.165, 1.54) is 0 Å². The number of benzene rings is 2. The Morgan fingerprint density at radius 1 is 1.19 bits per heavy atom. The summed E-state index contributed by atoms with van der Waals surface area (Å²) in [5.41, 5.74) is 2.18. The highest BCUT2D eigenvalue weighted by atomic mass is 79.9. The minimum Gasteiger partial charge on any atom is -0.490 e. The van der Waals surface area contributed by atoms with Gasteiger partial charge in [-0.15, -0.1) is 10.2 Å². The van der Waals surface area contributed by atoms with E-state index < -0.39 is 6.67 Å². The average Bonchev–Trinajstić information content (AvgIpc) is 3.20. The van der Waals surface area contributed by atoms with Crippen molar-refractivity contribution in [3.63, 3.8) is 0 Å². The first-order chi connectivity index (χ1) is 12.7. The molecule has 0 aliphatic rings. The van der Waals surface area contributed by atoms with Crippen molar-refractivity contribution in [2.45, 2.75) is 6.54 Å². The van der Waals surface area contributed by atoms with Gasteiger partial charge in [0.25, 0.3) is 0 Å². The van der Waals surface area contributed by atoms with Crippen LogP contribution in [0.2, 0.25) is 0 Å². The van der Waals surface area contributed by atoms with Gasteiger partial charge in [0.15, 0.2) is 0 Å². The molecule has 0 spiro atoms. The lowest BCUT2D eigenvalue weighted by molar-refractivity contribution is 0.271. The smallest absolute Gasteiger partial charge is 0.139 e. The summed E-state index contributed by atoms with van der Waals surface area (Å²) in [4.78, 5) is 0. The number of halogens is 2. The monoisotopic (exact) mass is 415 g/mol. The number of rotatable bonds is 7. The zero-order chi connectivity index (χ0) is 18.4. The van der Waals surface area contributed by atoms with Crippen molar-refractivity contribution in [2.75, 3.05) is 18.3 Å². The molecule has 0 aliphatic carbocycles. The maximum Gasteiger partial charge on any atom is 0.139 e.